The summed E-state index contributed by atoms with van der Waals surface area (Å²) in [5.74, 6) is 2.08. The largest absolute Gasteiger partial charge is 0.493 e. The molecule has 0 amide bonds. The molecule has 5 nitrogen and oxygen atoms in total. The number of nitrogens with zero attached hydrogens (tertiary/aromatic N) is 1. The van der Waals surface area contributed by atoms with Gasteiger partial charge in [-0.3, -0.25) is 0 Å². The van der Waals surface area contributed by atoms with Crippen molar-refractivity contribution in [3.63, 3.8) is 0 Å². The van der Waals surface area contributed by atoms with Crippen molar-refractivity contribution in [1.82, 2.24) is 10.5 Å². The maximum atomic E-state index is 5.49. The molecule has 0 radical (unpaired) electrons. The summed E-state index contributed by atoms with van der Waals surface area (Å²) in [5.41, 5.74) is 1.70. The average molecular weight is 327 g/mol. The second kappa shape index (κ2) is 7.70. The third-order valence-electron chi connectivity index (χ3n) is 4.31. The molecule has 0 aliphatic carbocycles. The van der Waals surface area contributed by atoms with Crippen molar-refractivity contribution in [2.24, 2.45) is 5.92 Å². The third-order valence-corrected chi connectivity index (χ3v) is 4.31. The summed E-state index contributed by atoms with van der Waals surface area (Å²) >= 11 is 0. The predicted molar refractivity (Wildman–Crippen MR) is 88.3 cm³/mol. The van der Waals surface area contributed by atoms with Crippen LogP contribution in [0.25, 0.3) is 11.0 Å². The van der Waals surface area contributed by atoms with Crippen LogP contribution in [0.4, 0.5) is 0 Å². The first kappa shape index (κ1) is 16.9. The van der Waals surface area contributed by atoms with Gasteiger partial charge in [-0.15, -0.1) is 12.4 Å². The topological polar surface area (TPSA) is 56.5 Å². The first-order valence-electron chi connectivity index (χ1n) is 7.53. The molecule has 3 rings (SSSR count). The summed E-state index contributed by atoms with van der Waals surface area (Å²) in [6.07, 6.45) is 4.63. The highest BCUT2D eigenvalue weighted by Gasteiger charge is 2.19. The number of benzene rings is 1. The number of nitrogens with one attached hydrogen (secondary N) is 1. The second-order valence-electron chi connectivity index (χ2n) is 5.54. The van der Waals surface area contributed by atoms with Gasteiger partial charge in [-0.25, -0.2) is 0 Å². The van der Waals surface area contributed by atoms with E-state index < -0.39 is 0 Å². The number of hydrogen-bond acceptors (Lipinski definition) is 5. The molecule has 1 fully saturated rings. The molecule has 1 aliphatic rings. The molecule has 0 atom stereocenters. The number of fused-ring (bicyclic) bond motifs is 1. The van der Waals surface area contributed by atoms with Crippen LogP contribution in [0.2, 0.25) is 0 Å². The van der Waals surface area contributed by atoms with Crippen molar-refractivity contribution in [2.45, 2.75) is 25.7 Å². The zero-order valence-corrected chi connectivity index (χ0v) is 13.9. The van der Waals surface area contributed by atoms with Crippen molar-refractivity contribution in [2.75, 3.05) is 27.3 Å². The zero-order valence-electron chi connectivity index (χ0n) is 13.1. The van der Waals surface area contributed by atoms with Gasteiger partial charge in [0.1, 0.15) is 0 Å². The molecule has 0 bridgehead atoms. The Kier molecular flexibility index (Phi) is 5.91. The number of halogens is 1. The second-order valence-corrected chi connectivity index (χ2v) is 5.54. The molecule has 1 N–H and O–H groups in total. The Morgan fingerprint density at radius 1 is 1.23 bits per heavy atom. The van der Waals surface area contributed by atoms with Gasteiger partial charge in [-0.2, -0.15) is 0 Å². The lowest BCUT2D eigenvalue weighted by atomic mass is 9.92. The average Bonchev–Trinajstić information content (AvgIpc) is 2.96. The Labute approximate surface area is 136 Å². The first-order valence-corrected chi connectivity index (χ1v) is 7.53. The Morgan fingerprint density at radius 3 is 2.68 bits per heavy atom. The Hall–Kier alpha value is -1.46. The molecule has 0 spiro atoms. The van der Waals surface area contributed by atoms with E-state index in [1.54, 1.807) is 14.2 Å². The van der Waals surface area contributed by atoms with Crippen LogP contribution in [0.5, 0.6) is 11.5 Å². The van der Waals surface area contributed by atoms with Crippen molar-refractivity contribution >= 4 is 23.4 Å². The molecule has 1 aliphatic heterocycles. The van der Waals surface area contributed by atoms with E-state index in [4.69, 9.17) is 14.0 Å². The summed E-state index contributed by atoms with van der Waals surface area (Å²) in [5, 5.41) is 8.67. The number of piperidine rings is 1. The highest BCUT2D eigenvalue weighted by molar-refractivity contribution is 5.87. The van der Waals surface area contributed by atoms with E-state index >= 15 is 0 Å². The monoisotopic (exact) mass is 326 g/mol. The van der Waals surface area contributed by atoms with Crippen molar-refractivity contribution in [3.05, 3.63) is 17.8 Å². The Balaban J connectivity index is 0.00000176. The van der Waals surface area contributed by atoms with Crippen molar-refractivity contribution in [3.8, 4) is 11.5 Å². The van der Waals surface area contributed by atoms with Gasteiger partial charge in [0.25, 0.3) is 0 Å². The van der Waals surface area contributed by atoms with Crippen molar-refractivity contribution < 1.29 is 14.0 Å². The molecule has 1 saturated heterocycles. The van der Waals surface area contributed by atoms with Crippen LogP contribution in [0.1, 0.15) is 25.0 Å². The molecule has 22 heavy (non-hydrogen) atoms. The lowest BCUT2D eigenvalue weighted by molar-refractivity contribution is 0.343. The van der Waals surface area contributed by atoms with E-state index in [1.165, 1.54) is 12.8 Å². The SMILES string of the molecule is COc1ccc2c(CCC3CCNCC3)noc2c1OC.Cl. The van der Waals surface area contributed by atoms with Crippen LogP contribution >= 0.6 is 12.4 Å². The van der Waals surface area contributed by atoms with Crippen molar-refractivity contribution in [1.29, 1.82) is 0 Å². The molecule has 2 heterocycles. The van der Waals surface area contributed by atoms with E-state index in [0.29, 0.717) is 17.1 Å². The van der Waals surface area contributed by atoms with Crippen LogP contribution in [0, 0.1) is 5.92 Å². The molecular weight excluding hydrogens is 304 g/mol. The molecule has 2 aromatic rings. The minimum atomic E-state index is 0. The summed E-state index contributed by atoms with van der Waals surface area (Å²) in [4.78, 5) is 0. The van der Waals surface area contributed by atoms with E-state index in [-0.39, 0.29) is 12.4 Å². The lowest BCUT2D eigenvalue weighted by Crippen LogP contribution is -2.27. The molecule has 1 aromatic heterocycles. The van der Waals surface area contributed by atoms with Gasteiger partial charge in [0, 0.05) is 5.39 Å². The minimum absolute atomic E-state index is 0. The normalized spacial score (nSPS) is 15.5. The highest BCUT2D eigenvalue weighted by Crippen LogP contribution is 2.37. The molecule has 0 saturated carbocycles. The number of aromatic nitrogens is 1. The van der Waals surface area contributed by atoms with E-state index in [1.807, 2.05) is 12.1 Å². The van der Waals surface area contributed by atoms with Crippen LogP contribution in [-0.2, 0) is 6.42 Å². The maximum Gasteiger partial charge on any atom is 0.212 e. The Morgan fingerprint density at radius 2 is 2.00 bits per heavy atom. The van der Waals surface area contributed by atoms with E-state index in [2.05, 4.69) is 10.5 Å². The molecule has 122 valence electrons. The number of hydrogen-bond donors (Lipinski definition) is 1. The summed E-state index contributed by atoms with van der Waals surface area (Å²) in [7, 11) is 3.24. The quantitative estimate of drug-likeness (QED) is 0.914. The standard InChI is InChI=1S/C16H22N2O3.ClH/c1-19-14-6-4-12-13(18-21-15(12)16(14)20-2)5-3-11-7-9-17-10-8-11;/h4,6,11,17H,3,5,7-10H2,1-2H3;1H. The zero-order chi connectivity index (χ0) is 14.7. The van der Waals surface area contributed by atoms with Gasteiger partial charge < -0.3 is 19.3 Å². The van der Waals surface area contributed by atoms with Crippen LogP contribution in [0.15, 0.2) is 16.7 Å². The summed E-state index contributed by atoms with van der Waals surface area (Å²) in [6, 6.07) is 3.91. The van der Waals surface area contributed by atoms with Gasteiger partial charge in [0.05, 0.1) is 19.9 Å². The molecule has 1 aromatic carbocycles. The smallest absolute Gasteiger partial charge is 0.212 e. The van der Waals surface area contributed by atoms with Crippen LogP contribution in [-0.4, -0.2) is 32.5 Å². The van der Waals surface area contributed by atoms with E-state index in [9.17, 15) is 0 Å². The van der Waals surface area contributed by atoms with Crippen LogP contribution < -0.4 is 14.8 Å². The maximum absolute atomic E-state index is 5.49. The minimum Gasteiger partial charge on any atom is -0.493 e. The first-order chi connectivity index (χ1) is 10.3. The highest BCUT2D eigenvalue weighted by atomic mass is 35.5. The van der Waals surface area contributed by atoms with E-state index in [0.717, 1.165) is 42.9 Å². The fraction of sp³-hybridized carbons (Fsp3) is 0.562. The van der Waals surface area contributed by atoms with Gasteiger partial charge in [-0.1, -0.05) is 5.16 Å². The van der Waals surface area contributed by atoms with Gasteiger partial charge in [-0.05, 0) is 56.8 Å². The third kappa shape index (κ3) is 3.31. The summed E-state index contributed by atoms with van der Waals surface area (Å²) in [6.45, 7) is 2.27. The molecular formula is C16H23ClN2O3. The number of aryl methyl sites for hydroxylation is 1. The van der Waals surface area contributed by atoms with Gasteiger partial charge in [0.15, 0.2) is 5.75 Å². The summed E-state index contributed by atoms with van der Waals surface area (Å²) < 4.78 is 16.2. The lowest BCUT2D eigenvalue weighted by Gasteiger charge is -2.21. The fourth-order valence-corrected chi connectivity index (χ4v) is 3.06. The molecule has 6 heteroatoms. The predicted octanol–water partition coefficient (Wildman–Crippen LogP) is 3.20. The number of methoxy groups -OCH3 is 2. The fourth-order valence-electron chi connectivity index (χ4n) is 3.06. The molecule has 0 unspecified atom stereocenters. The van der Waals surface area contributed by atoms with Crippen LogP contribution in [0.3, 0.4) is 0 Å². The van der Waals surface area contributed by atoms with Gasteiger partial charge >= 0.3 is 0 Å². The number of rotatable bonds is 5. The number of ether oxygens (including phenoxy) is 2. The van der Waals surface area contributed by atoms with Gasteiger partial charge in [0.2, 0.25) is 11.3 Å². The Bertz CT molecular complexity index is 609.